The number of benzene rings is 2. The van der Waals surface area contributed by atoms with Crippen molar-refractivity contribution >= 4 is 29.6 Å². The number of aromatic nitrogens is 3. The molecule has 4 aromatic rings. The molecule has 1 aliphatic rings. The maximum absolute atomic E-state index is 5.44. The van der Waals surface area contributed by atoms with E-state index in [-0.39, 0.29) is 12.4 Å². The second-order valence-corrected chi connectivity index (χ2v) is 9.03. The van der Waals surface area contributed by atoms with E-state index in [0.29, 0.717) is 0 Å². The molecule has 0 atom stereocenters. The van der Waals surface area contributed by atoms with Crippen LogP contribution in [0.4, 0.5) is 11.5 Å². The monoisotopic (exact) mass is 476 g/mol. The van der Waals surface area contributed by atoms with E-state index in [9.17, 15) is 0 Å². The molecule has 0 spiro atoms. The highest BCUT2D eigenvalue weighted by molar-refractivity contribution is 5.85. The van der Waals surface area contributed by atoms with E-state index >= 15 is 0 Å². The van der Waals surface area contributed by atoms with Crippen molar-refractivity contribution in [2.24, 2.45) is 0 Å². The van der Waals surface area contributed by atoms with E-state index in [4.69, 9.17) is 14.8 Å². The first-order valence-corrected chi connectivity index (χ1v) is 11.9. The average Bonchev–Trinajstić information content (AvgIpc) is 3.40. The van der Waals surface area contributed by atoms with Crippen molar-refractivity contribution in [1.82, 2.24) is 14.6 Å². The van der Waals surface area contributed by atoms with Crippen LogP contribution in [0, 0.1) is 20.8 Å². The number of methoxy groups -OCH3 is 1. The van der Waals surface area contributed by atoms with Crippen LogP contribution >= 0.6 is 12.4 Å². The summed E-state index contributed by atoms with van der Waals surface area (Å²) in [4.78, 5) is 7.66. The van der Waals surface area contributed by atoms with Crippen LogP contribution in [0.25, 0.3) is 16.8 Å². The van der Waals surface area contributed by atoms with E-state index in [2.05, 4.69) is 73.5 Å². The van der Waals surface area contributed by atoms with Gasteiger partial charge in [-0.2, -0.15) is 9.61 Å². The van der Waals surface area contributed by atoms with E-state index in [0.717, 1.165) is 60.4 Å². The molecule has 0 bridgehead atoms. The van der Waals surface area contributed by atoms with Gasteiger partial charge in [0.1, 0.15) is 11.6 Å². The fourth-order valence-corrected chi connectivity index (χ4v) is 5.18. The summed E-state index contributed by atoms with van der Waals surface area (Å²) in [5.41, 5.74) is 10.5. The molecule has 0 saturated carbocycles. The highest BCUT2D eigenvalue weighted by atomic mass is 35.5. The Morgan fingerprint density at radius 3 is 2.53 bits per heavy atom. The maximum Gasteiger partial charge on any atom is 0.165 e. The van der Waals surface area contributed by atoms with Crippen LogP contribution in [0.3, 0.4) is 0 Å². The standard InChI is InChI=1S/C28H32N4O.ClH/c1-6-16-31(25-13-8-7-10-18(25)2)28-23-11-9-12-24(23)29-27-26(20(4)30-32(27)28)22-15-14-21(33-5)17-19(22)3;/h7-8,10,13-15,17H,6,9,11-12,16H2,1-5H3;1H. The lowest BCUT2D eigenvalue weighted by atomic mass is 10.0. The van der Waals surface area contributed by atoms with Crippen molar-refractivity contribution in [3.05, 3.63) is 70.5 Å². The molecule has 0 saturated heterocycles. The lowest BCUT2D eigenvalue weighted by molar-refractivity contribution is 0.414. The largest absolute Gasteiger partial charge is 0.497 e. The van der Waals surface area contributed by atoms with Crippen molar-refractivity contribution in [1.29, 1.82) is 0 Å². The highest BCUT2D eigenvalue weighted by Crippen LogP contribution is 2.40. The Labute approximate surface area is 208 Å². The van der Waals surface area contributed by atoms with Gasteiger partial charge in [0, 0.05) is 29.1 Å². The summed E-state index contributed by atoms with van der Waals surface area (Å²) in [6, 6.07) is 14.9. The summed E-state index contributed by atoms with van der Waals surface area (Å²) >= 11 is 0. The molecule has 178 valence electrons. The number of halogens is 1. The Hall–Kier alpha value is -3.05. The number of aryl methyl sites for hydroxylation is 4. The fraction of sp³-hybridized carbons (Fsp3) is 0.357. The van der Waals surface area contributed by atoms with Gasteiger partial charge in [0.25, 0.3) is 0 Å². The Bertz CT molecular complexity index is 1340. The number of hydrogen-bond donors (Lipinski definition) is 0. The fourth-order valence-electron chi connectivity index (χ4n) is 5.18. The second-order valence-electron chi connectivity index (χ2n) is 9.03. The molecular formula is C28H33ClN4O. The molecule has 5 nitrogen and oxygen atoms in total. The zero-order valence-electron chi connectivity index (χ0n) is 20.7. The topological polar surface area (TPSA) is 42.7 Å². The van der Waals surface area contributed by atoms with E-state index in [1.165, 1.54) is 33.9 Å². The van der Waals surface area contributed by atoms with Gasteiger partial charge in [0.15, 0.2) is 5.65 Å². The molecule has 2 heterocycles. The van der Waals surface area contributed by atoms with Crippen LogP contribution in [-0.2, 0) is 12.8 Å². The van der Waals surface area contributed by atoms with Gasteiger partial charge in [0.05, 0.1) is 12.8 Å². The summed E-state index contributed by atoms with van der Waals surface area (Å²) in [6.45, 7) is 9.60. The number of rotatable bonds is 6. The molecule has 0 fully saturated rings. The molecule has 0 amide bonds. The van der Waals surface area contributed by atoms with Gasteiger partial charge in [-0.15, -0.1) is 12.4 Å². The van der Waals surface area contributed by atoms with Crippen LogP contribution in [-0.4, -0.2) is 28.3 Å². The van der Waals surface area contributed by atoms with Crippen molar-refractivity contribution in [3.8, 4) is 16.9 Å². The van der Waals surface area contributed by atoms with Crippen molar-refractivity contribution < 1.29 is 4.74 Å². The second kappa shape index (κ2) is 9.67. The predicted molar refractivity (Wildman–Crippen MR) is 142 cm³/mol. The number of fused-ring (bicyclic) bond motifs is 2. The van der Waals surface area contributed by atoms with E-state index < -0.39 is 0 Å². The van der Waals surface area contributed by atoms with Crippen molar-refractivity contribution in [3.63, 3.8) is 0 Å². The molecule has 1 aliphatic carbocycles. The Kier molecular flexibility index (Phi) is 6.85. The van der Waals surface area contributed by atoms with Crippen LogP contribution in [0.15, 0.2) is 42.5 Å². The Morgan fingerprint density at radius 2 is 1.82 bits per heavy atom. The predicted octanol–water partition coefficient (Wildman–Crippen LogP) is 6.79. The Balaban J connectivity index is 0.00000274. The summed E-state index contributed by atoms with van der Waals surface area (Å²) in [5, 5.41) is 5.09. The molecule has 2 aromatic heterocycles. The molecule has 0 radical (unpaired) electrons. The quantitative estimate of drug-likeness (QED) is 0.307. The zero-order valence-corrected chi connectivity index (χ0v) is 21.5. The molecule has 5 rings (SSSR count). The van der Waals surface area contributed by atoms with Gasteiger partial charge in [-0.1, -0.05) is 31.2 Å². The minimum absolute atomic E-state index is 0. The number of nitrogens with zero attached hydrogens (tertiary/aromatic N) is 4. The number of hydrogen-bond acceptors (Lipinski definition) is 4. The van der Waals surface area contributed by atoms with Crippen LogP contribution in [0.5, 0.6) is 5.75 Å². The average molecular weight is 477 g/mol. The van der Waals surface area contributed by atoms with E-state index in [1.54, 1.807) is 7.11 Å². The van der Waals surface area contributed by atoms with E-state index in [1.807, 2.05) is 6.07 Å². The van der Waals surface area contributed by atoms with Gasteiger partial charge >= 0.3 is 0 Å². The summed E-state index contributed by atoms with van der Waals surface area (Å²) < 4.78 is 7.55. The lowest BCUT2D eigenvalue weighted by Crippen LogP contribution is -2.24. The summed E-state index contributed by atoms with van der Waals surface area (Å²) in [7, 11) is 1.71. The number of anilines is 2. The molecule has 34 heavy (non-hydrogen) atoms. The Morgan fingerprint density at radius 1 is 1.03 bits per heavy atom. The molecule has 6 heteroatoms. The van der Waals surface area contributed by atoms with Crippen LogP contribution < -0.4 is 9.64 Å². The third kappa shape index (κ3) is 3.92. The van der Waals surface area contributed by atoms with Gasteiger partial charge in [-0.25, -0.2) is 4.98 Å². The first-order chi connectivity index (χ1) is 16.0. The van der Waals surface area contributed by atoms with Gasteiger partial charge < -0.3 is 9.64 Å². The van der Waals surface area contributed by atoms with Gasteiger partial charge in [-0.05, 0) is 81.3 Å². The molecule has 0 N–H and O–H groups in total. The third-order valence-corrected chi connectivity index (χ3v) is 6.75. The smallest absolute Gasteiger partial charge is 0.165 e. The molecule has 2 aromatic carbocycles. The molecule has 0 unspecified atom stereocenters. The van der Waals surface area contributed by atoms with Crippen molar-refractivity contribution in [2.45, 2.75) is 53.4 Å². The number of ether oxygens (including phenoxy) is 1. The first kappa shape index (κ1) is 24.1. The summed E-state index contributed by atoms with van der Waals surface area (Å²) in [6.07, 6.45) is 4.27. The highest BCUT2D eigenvalue weighted by Gasteiger charge is 2.28. The van der Waals surface area contributed by atoms with Crippen LogP contribution in [0.2, 0.25) is 0 Å². The minimum atomic E-state index is 0. The summed E-state index contributed by atoms with van der Waals surface area (Å²) in [5.74, 6) is 2.05. The van der Waals surface area contributed by atoms with Crippen molar-refractivity contribution in [2.75, 3.05) is 18.6 Å². The minimum Gasteiger partial charge on any atom is -0.497 e. The normalized spacial score (nSPS) is 12.5. The first-order valence-electron chi connectivity index (χ1n) is 11.9. The van der Waals surface area contributed by atoms with Gasteiger partial charge in [0.2, 0.25) is 0 Å². The lowest BCUT2D eigenvalue weighted by Gasteiger charge is -2.28. The van der Waals surface area contributed by atoms with Crippen LogP contribution in [0.1, 0.15) is 47.8 Å². The maximum atomic E-state index is 5.44. The third-order valence-electron chi connectivity index (χ3n) is 6.75. The number of para-hydroxylation sites is 1. The SMILES string of the molecule is CCCN(c1ccccc1C)c1c2c(nc3c(-c4ccc(OC)cc4C)c(C)nn13)CCC2.Cl. The molecular weight excluding hydrogens is 444 g/mol. The van der Waals surface area contributed by atoms with Gasteiger partial charge in [-0.3, -0.25) is 0 Å². The molecule has 0 aliphatic heterocycles. The zero-order chi connectivity index (χ0) is 23.1.